The summed E-state index contributed by atoms with van der Waals surface area (Å²) in [5.41, 5.74) is 1.55. The molecule has 2 rings (SSSR count). The van der Waals surface area contributed by atoms with Crippen LogP contribution in [0.5, 0.6) is 0 Å². The minimum absolute atomic E-state index is 0.0637. The number of sulfone groups is 1. The highest BCUT2D eigenvalue weighted by molar-refractivity contribution is 7.91. The van der Waals surface area contributed by atoms with E-state index in [4.69, 9.17) is 0 Å². The molecular formula is C15H22N2O3S. The van der Waals surface area contributed by atoms with E-state index in [2.05, 4.69) is 10.6 Å². The molecule has 0 aliphatic heterocycles. The molecule has 0 heterocycles. The zero-order valence-electron chi connectivity index (χ0n) is 12.4. The van der Waals surface area contributed by atoms with E-state index in [0.717, 1.165) is 24.2 Å². The van der Waals surface area contributed by atoms with Crippen molar-refractivity contribution in [2.45, 2.75) is 32.7 Å². The van der Waals surface area contributed by atoms with Gasteiger partial charge in [0.15, 0.2) is 9.84 Å². The summed E-state index contributed by atoms with van der Waals surface area (Å²) in [6, 6.07) is 7.19. The van der Waals surface area contributed by atoms with Crippen LogP contribution in [0.2, 0.25) is 0 Å². The molecule has 2 N–H and O–H groups in total. The Hall–Kier alpha value is -1.56. The van der Waals surface area contributed by atoms with Crippen molar-refractivity contribution in [2.75, 3.05) is 22.1 Å². The third kappa shape index (κ3) is 5.04. The van der Waals surface area contributed by atoms with Crippen LogP contribution in [0.25, 0.3) is 0 Å². The van der Waals surface area contributed by atoms with Gasteiger partial charge in [0.05, 0.1) is 5.75 Å². The second-order valence-electron chi connectivity index (χ2n) is 5.59. The summed E-state index contributed by atoms with van der Waals surface area (Å²) >= 11 is 0. The number of carbonyl (C=O) groups excluding carboxylic acids is 1. The molecule has 1 unspecified atom stereocenters. The fourth-order valence-electron chi connectivity index (χ4n) is 2.10. The number of hydrogen-bond donors (Lipinski definition) is 2. The van der Waals surface area contributed by atoms with Crippen molar-refractivity contribution < 1.29 is 13.2 Å². The maximum atomic E-state index is 11.7. The Labute approximate surface area is 126 Å². The largest absolute Gasteiger partial charge is 0.382 e. The lowest BCUT2D eigenvalue weighted by Gasteiger charge is -2.16. The predicted molar refractivity (Wildman–Crippen MR) is 85.2 cm³/mol. The van der Waals surface area contributed by atoms with Gasteiger partial charge in [-0.25, -0.2) is 8.42 Å². The molecule has 0 saturated heterocycles. The zero-order chi connectivity index (χ0) is 15.5. The molecule has 6 heteroatoms. The standard InChI is InChI=1S/C15H22N2O3S/c1-3-21(19,20)10-11(2)16-13-5-4-6-14(9-13)17-15(18)12-7-8-12/h4-6,9,11-12,16H,3,7-8,10H2,1-2H3,(H,17,18). The summed E-state index contributed by atoms with van der Waals surface area (Å²) in [6.07, 6.45) is 1.94. The molecule has 0 spiro atoms. The smallest absolute Gasteiger partial charge is 0.227 e. The van der Waals surface area contributed by atoms with Crippen LogP contribution in [0.4, 0.5) is 11.4 Å². The van der Waals surface area contributed by atoms with Gasteiger partial charge >= 0.3 is 0 Å². The lowest BCUT2D eigenvalue weighted by molar-refractivity contribution is -0.117. The van der Waals surface area contributed by atoms with Crippen LogP contribution in [-0.4, -0.2) is 31.9 Å². The average Bonchev–Trinajstić information content (AvgIpc) is 3.22. The van der Waals surface area contributed by atoms with Crippen LogP contribution >= 0.6 is 0 Å². The first-order valence-electron chi connectivity index (χ1n) is 7.27. The summed E-state index contributed by atoms with van der Waals surface area (Å²) in [5, 5.41) is 6.04. The van der Waals surface area contributed by atoms with Crippen molar-refractivity contribution in [3.63, 3.8) is 0 Å². The van der Waals surface area contributed by atoms with Gasteiger partial charge in [-0.15, -0.1) is 0 Å². The molecule has 1 aromatic carbocycles. The summed E-state index contributed by atoms with van der Waals surface area (Å²) in [7, 11) is -3.00. The van der Waals surface area contributed by atoms with Crippen molar-refractivity contribution in [1.29, 1.82) is 0 Å². The molecule has 5 nitrogen and oxygen atoms in total. The fourth-order valence-corrected chi connectivity index (χ4v) is 3.18. The molecule has 1 aliphatic rings. The number of rotatable bonds is 7. The number of carbonyl (C=O) groups is 1. The van der Waals surface area contributed by atoms with Crippen molar-refractivity contribution in [3.05, 3.63) is 24.3 Å². The lowest BCUT2D eigenvalue weighted by Crippen LogP contribution is -2.26. The Morgan fingerprint density at radius 2 is 2.00 bits per heavy atom. The maximum absolute atomic E-state index is 11.7. The minimum Gasteiger partial charge on any atom is -0.382 e. The van der Waals surface area contributed by atoms with Gasteiger partial charge in [-0.05, 0) is 38.0 Å². The van der Waals surface area contributed by atoms with Gasteiger partial charge in [-0.2, -0.15) is 0 Å². The van der Waals surface area contributed by atoms with Crippen LogP contribution in [0.15, 0.2) is 24.3 Å². The van der Waals surface area contributed by atoms with Gasteiger partial charge in [-0.1, -0.05) is 13.0 Å². The third-order valence-electron chi connectivity index (χ3n) is 3.44. The Kier molecular flexibility index (Phi) is 4.88. The molecule has 1 aliphatic carbocycles. The van der Waals surface area contributed by atoms with Crippen LogP contribution in [0.3, 0.4) is 0 Å². The van der Waals surface area contributed by atoms with E-state index in [1.165, 1.54) is 0 Å². The summed E-state index contributed by atoms with van der Waals surface area (Å²) in [4.78, 5) is 11.7. The van der Waals surface area contributed by atoms with Crippen LogP contribution < -0.4 is 10.6 Å². The van der Waals surface area contributed by atoms with Gasteiger partial charge in [-0.3, -0.25) is 4.79 Å². The maximum Gasteiger partial charge on any atom is 0.227 e. The van der Waals surface area contributed by atoms with Crippen LogP contribution in [0.1, 0.15) is 26.7 Å². The fraction of sp³-hybridized carbons (Fsp3) is 0.533. The van der Waals surface area contributed by atoms with E-state index < -0.39 is 9.84 Å². The Balaban J connectivity index is 1.95. The van der Waals surface area contributed by atoms with Crippen molar-refractivity contribution >= 4 is 27.1 Å². The molecule has 21 heavy (non-hydrogen) atoms. The monoisotopic (exact) mass is 310 g/mol. The number of hydrogen-bond acceptors (Lipinski definition) is 4. The van der Waals surface area contributed by atoms with Gasteiger partial charge < -0.3 is 10.6 Å². The van der Waals surface area contributed by atoms with E-state index in [-0.39, 0.29) is 29.4 Å². The zero-order valence-corrected chi connectivity index (χ0v) is 13.2. The highest BCUT2D eigenvalue weighted by atomic mass is 32.2. The summed E-state index contributed by atoms with van der Waals surface area (Å²) < 4.78 is 23.2. The molecular weight excluding hydrogens is 288 g/mol. The van der Waals surface area contributed by atoms with E-state index in [9.17, 15) is 13.2 Å². The van der Waals surface area contributed by atoms with E-state index in [0.29, 0.717) is 0 Å². The Morgan fingerprint density at radius 3 is 2.62 bits per heavy atom. The summed E-state index contributed by atoms with van der Waals surface area (Å²) in [5.74, 6) is 0.475. The second-order valence-corrected chi connectivity index (χ2v) is 7.99. The number of benzene rings is 1. The minimum atomic E-state index is -3.00. The molecule has 1 saturated carbocycles. The van der Waals surface area contributed by atoms with Crippen molar-refractivity contribution in [1.82, 2.24) is 0 Å². The summed E-state index contributed by atoms with van der Waals surface area (Å²) in [6.45, 7) is 3.48. The Morgan fingerprint density at radius 1 is 1.33 bits per heavy atom. The molecule has 0 radical (unpaired) electrons. The third-order valence-corrected chi connectivity index (χ3v) is 5.32. The first-order chi connectivity index (χ1) is 9.89. The predicted octanol–water partition coefficient (Wildman–Crippen LogP) is 2.27. The quantitative estimate of drug-likeness (QED) is 0.810. The van der Waals surface area contributed by atoms with E-state index >= 15 is 0 Å². The van der Waals surface area contributed by atoms with Crippen LogP contribution in [0, 0.1) is 5.92 Å². The number of nitrogens with one attached hydrogen (secondary N) is 2. The van der Waals surface area contributed by atoms with Gasteiger partial charge in [0.1, 0.15) is 0 Å². The highest BCUT2D eigenvalue weighted by Gasteiger charge is 2.29. The molecule has 0 aromatic heterocycles. The molecule has 0 bridgehead atoms. The van der Waals surface area contributed by atoms with Crippen LogP contribution in [-0.2, 0) is 14.6 Å². The Bertz CT molecular complexity index is 609. The van der Waals surface area contributed by atoms with Gasteiger partial charge in [0.2, 0.25) is 5.91 Å². The van der Waals surface area contributed by atoms with Gasteiger partial charge in [0.25, 0.3) is 0 Å². The molecule has 1 aromatic rings. The molecule has 116 valence electrons. The lowest BCUT2D eigenvalue weighted by atomic mass is 10.2. The van der Waals surface area contributed by atoms with E-state index in [1.807, 2.05) is 31.2 Å². The molecule has 1 amide bonds. The van der Waals surface area contributed by atoms with Crippen molar-refractivity contribution in [2.24, 2.45) is 5.92 Å². The van der Waals surface area contributed by atoms with Crippen molar-refractivity contribution in [3.8, 4) is 0 Å². The van der Waals surface area contributed by atoms with E-state index in [1.54, 1.807) is 6.92 Å². The first-order valence-corrected chi connectivity index (χ1v) is 9.09. The molecule has 1 fully saturated rings. The first kappa shape index (κ1) is 15.8. The molecule has 1 atom stereocenters. The highest BCUT2D eigenvalue weighted by Crippen LogP contribution is 2.30. The number of anilines is 2. The van der Waals surface area contributed by atoms with Gasteiger partial charge in [0, 0.05) is 29.1 Å². The normalized spacial score (nSPS) is 16.3. The number of amides is 1. The second kappa shape index (κ2) is 6.47. The SMILES string of the molecule is CCS(=O)(=O)CC(C)Nc1cccc(NC(=O)C2CC2)c1. The average molecular weight is 310 g/mol. The topological polar surface area (TPSA) is 75.3 Å².